The average Bonchev–Trinajstić information content (AvgIpc) is 2.62. The van der Waals surface area contributed by atoms with Crippen LogP contribution in [0, 0.1) is 18.3 Å². The van der Waals surface area contributed by atoms with Crippen LogP contribution in [-0.4, -0.2) is 16.1 Å². The lowest BCUT2D eigenvalue weighted by Crippen LogP contribution is -2.08. The maximum absolute atomic E-state index is 9.04. The summed E-state index contributed by atoms with van der Waals surface area (Å²) in [5.74, 6) is 2.68. The molecule has 0 aliphatic heterocycles. The molecule has 2 N–H and O–H groups in total. The summed E-state index contributed by atoms with van der Waals surface area (Å²) in [5.41, 5.74) is 2.22. The second-order valence-electron chi connectivity index (χ2n) is 6.29. The molecule has 1 heterocycles. The number of anilines is 4. The van der Waals surface area contributed by atoms with Gasteiger partial charge in [-0.1, -0.05) is 18.2 Å². The molecule has 3 rings (SSSR count). The van der Waals surface area contributed by atoms with Crippen molar-refractivity contribution in [3.05, 3.63) is 66.0 Å². The lowest BCUT2D eigenvalue weighted by molar-refractivity contribution is 0.244. The zero-order valence-corrected chi connectivity index (χ0v) is 15.5. The Labute approximate surface area is 158 Å². The van der Waals surface area contributed by atoms with E-state index < -0.39 is 0 Å². The molecule has 2 aromatic carbocycles. The van der Waals surface area contributed by atoms with Gasteiger partial charge in [0.25, 0.3) is 0 Å². The molecule has 3 aromatic rings. The predicted molar refractivity (Wildman–Crippen MR) is 107 cm³/mol. The number of benzene rings is 2. The van der Waals surface area contributed by atoms with Crippen LogP contribution in [0.5, 0.6) is 5.75 Å². The maximum Gasteiger partial charge on any atom is 0.143 e. The first-order valence-electron chi connectivity index (χ1n) is 8.69. The molecule has 0 fully saturated rings. The normalized spacial score (nSPS) is 10.3. The molecule has 0 atom stereocenters. The van der Waals surface area contributed by atoms with Crippen LogP contribution in [-0.2, 0) is 0 Å². The highest BCUT2D eigenvalue weighted by Crippen LogP contribution is 2.28. The quantitative estimate of drug-likeness (QED) is 0.649. The molecule has 27 heavy (non-hydrogen) atoms. The van der Waals surface area contributed by atoms with Crippen LogP contribution in [0.15, 0.2) is 54.6 Å². The highest BCUT2D eigenvalue weighted by atomic mass is 16.5. The van der Waals surface area contributed by atoms with E-state index in [-0.39, 0.29) is 6.10 Å². The molecule has 0 saturated carbocycles. The molecule has 136 valence electrons. The van der Waals surface area contributed by atoms with E-state index in [1.165, 1.54) is 0 Å². The average molecular weight is 359 g/mol. The third-order valence-electron chi connectivity index (χ3n) is 3.61. The number of aryl methyl sites for hydroxylation is 1. The summed E-state index contributed by atoms with van der Waals surface area (Å²) < 4.78 is 5.85. The van der Waals surface area contributed by atoms with E-state index in [1.807, 2.05) is 63.2 Å². The van der Waals surface area contributed by atoms with Gasteiger partial charge in [0.05, 0.1) is 23.4 Å². The zero-order chi connectivity index (χ0) is 19.2. The molecule has 6 heteroatoms. The minimum atomic E-state index is 0.0738. The molecule has 0 radical (unpaired) electrons. The van der Waals surface area contributed by atoms with Crippen LogP contribution in [0.4, 0.5) is 23.0 Å². The van der Waals surface area contributed by atoms with E-state index in [0.717, 1.165) is 17.1 Å². The first kappa shape index (κ1) is 18.2. The van der Waals surface area contributed by atoms with Gasteiger partial charge in [0.15, 0.2) is 0 Å². The molecule has 0 spiro atoms. The van der Waals surface area contributed by atoms with Crippen LogP contribution >= 0.6 is 0 Å². The molecular formula is C21H21N5O. The van der Waals surface area contributed by atoms with Crippen molar-refractivity contribution in [3.8, 4) is 11.8 Å². The molecule has 6 nitrogen and oxygen atoms in total. The molecule has 0 aliphatic carbocycles. The Bertz CT molecular complexity index is 978. The maximum atomic E-state index is 9.04. The van der Waals surface area contributed by atoms with Gasteiger partial charge in [0.1, 0.15) is 23.2 Å². The van der Waals surface area contributed by atoms with Crippen LogP contribution in [0.25, 0.3) is 0 Å². The summed E-state index contributed by atoms with van der Waals surface area (Å²) in [6, 6.07) is 18.9. The summed E-state index contributed by atoms with van der Waals surface area (Å²) in [7, 11) is 0. The fourth-order valence-corrected chi connectivity index (χ4v) is 2.57. The SMILES string of the molecule is Cc1nc(Nc2cccc(C#N)c2)cc(Nc2ccccc2OC(C)C)n1. The van der Waals surface area contributed by atoms with Gasteiger partial charge in [0, 0.05) is 11.8 Å². The number of hydrogen-bond donors (Lipinski definition) is 2. The largest absolute Gasteiger partial charge is 0.489 e. The fourth-order valence-electron chi connectivity index (χ4n) is 2.57. The first-order chi connectivity index (χ1) is 13.0. The standard InChI is InChI=1S/C21H21N5O/c1-14(2)27-19-10-5-4-9-18(19)26-21-12-20(23-15(3)24-21)25-17-8-6-7-16(11-17)13-22/h4-12,14H,1-3H3,(H2,23,24,25,26). The second-order valence-corrected chi connectivity index (χ2v) is 6.29. The van der Waals surface area contributed by atoms with E-state index in [0.29, 0.717) is 23.0 Å². The Balaban J connectivity index is 1.85. The third kappa shape index (κ3) is 4.95. The molecule has 0 unspecified atom stereocenters. The van der Waals surface area contributed by atoms with Gasteiger partial charge in [0.2, 0.25) is 0 Å². The first-order valence-corrected chi connectivity index (χ1v) is 8.69. The van der Waals surface area contributed by atoms with Crippen molar-refractivity contribution in [2.24, 2.45) is 0 Å². The summed E-state index contributed by atoms with van der Waals surface area (Å²) in [6.07, 6.45) is 0.0738. The Kier molecular flexibility index (Phi) is 5.53. The molecule has 0 bridgehead atoms. The molecular weight excluding hydrogens is 338 g/mol. The number of nitrogens with zero attached hydrogens (tertiary/aromatic N) is 3. The van der Waals surface area contributed by atoms with Crippen molar-refractivity contribution >= 4 is 23.0 Å². The van der Waals surface area contributed by atoms with Crippen molar-refractivity contribution < 1.29 is 4.74 Å². The highest BCUT2D eigenvalue weighted by molar-refractivity contribution is 5.67. The highest BCUT2D eigenvalue weighted by Gasteiger charge is 2.08. The number of para-hydroxylation sites is 2. The van der Waals surface area contributed by atoms with Crippen LogP contribution in [0.2, 0.25) is 0 Å². The van der Waals surface area contributed by atoms with E-state index in [2.05, 4.69) is 26.7 Å². The van der Waals surface area contributed by atoms with E-state index in [9.17, 15) is 0 Å². The van der Waals surface area contributed by atoms with Crippen LogP contribution < -0.4 is 15.4 Å². The van der Waals surface area contributed by atoms with Gasteiger partial charge in [-0.15, -0.1) is 0 Å². The second kappa shape index (κ2) is 8.19. The number of nitrogens with one attached hydrogen (secondary N) is 2. The summed E-state index contributed by atoms with van der Waals surface area (Å²) in [6.45, 7) is 5.81. The Morgan fingerprint density at radius 3 is 2.44 bits per heavy atom. The smallest absolute Gasteiger partial charge is 0.143 e. The Morgan fingerprint density at radius 1 is 0.963 bits per heavy atom. The summed E-state index contributed by atoms with van der Waals surface area (Å²) in [4.78, 5) is 8.88. The van der Waals surface area contributed by atoms with E-state index in [1.54, 1.807) is 12.1 Å². The summed E-state index contributed by atoms with van der Waals surface area (Å²) in [5, 5.41) is 15.6. The fraction of sp³-hybridized carbons (Fsp3) is 0.190. The van der Waals surface area contributed by atoms with E-state index >= 15 is 0 Å². The molecule has 0 saturated heterocycles. The summed E-state index contributed by atoms with van der Waals surface area (Å²) >= 11 is 0. The van der Waals surface area contributed by atoms with Crippen molar-refractivity contribution in [2.45, 2.75) is 26.9 Å². The molecule has 1 aromatic heterocycles. The number of aromatic nitrogens is 2. The lowest BCUT2D eigenvalue weighted by atomic mass is 10.2. The van der Waals surface area contributed by atoms with Gasteiger partial charge in [-0.05, 0) is 51.1 Å². The van der Waals surface area contributed by atoms with Crippen LogP contribution in [0.1, 0.15) is 25.2 Å². The topological polar surface area (TPSA) is 82.9 Å². The van der Waals surface area contributed by atoms with Crippen molar-refractivity contribution in [1.82, 2.24) is 9.97 Å². The minimum absolute atomic E-state index is 0.0738. The minimum Gasteiger partial charge on any atom is -0.489 e. The van der Waals surface area contributed by atoms with Gasteiger partial charge in [-0.3, -0.25) is 0 Å². The number of rotatable bonds is 6. The van der Waals surface area contributed by atoms with Gasteiger partial charge in [-0.25, -0.2) is 9.97 Å². The molecule has 0 aliphatic rings. The van der Waals surface area contributed by atoms with Gasteiger partial charge >= 0.3 is 0 Å². The third-order valence-corrected chi connectivity index (χ3v) is 3.61. The number of hydrogen-bond acceptors (Lipinski definition) is 6. The Morgan fingerprint density at radius 2 is 1.70 bits per heavy atom. The van der Waals surface area contributed by atoms with Crippen molar-refractivity contribution in [3.63, 3.8) is 0 Å². The van der Waals surface area contributed by atoms with E-state index in [4.69, 9.17) is 10.00 Å². The number of ether oxygens (including phenoxy) is 1. The number of nitriles is 1. The van der Waals surface area contributed by atoms with Gasteiger partial charge < -0.3 is 15.4 Å². The van der Waals surface area contributed by atoms with Crippen molar-refractivity contribution in [1.29, 1.82) is 5.26 Å². The van der Waals surface area contributed by atoms with Crippen molar-refractivity contribution in [2.75, 3.05) is 10.6 Å². The molecule has 0 amide bonds. The van der Waals surface area contributed by atoms with Crippen LogP contribution in [0.3, 0.4) is 0 Å². The Hall–Kier alpha value is -3.59. The zero-order valence-electron chi connectivity index (χ0n) is 15.5. The monoisotopic (exact) mass is 359 g/mol. The predicted octanol–water partition coefficient (Wildman–Crippen LogP) is 4.93. The van der Waals surface area contributed by atoms with Gasteiger partial charge in [-0.2, -0.15) is 5.26 Å². The lowest BCUT2D eigenvalue weighted by Gasteiger charge is -2.16.